The molecule has 57 heavy (non-hydrogen) atoms. The SMILES string of the molecule is C#CCOc1cc(-n2nc3n(c2=O)CCCC3)c(Cl)cc1Cl.CC1COc2ccccc2N1C(=O)C(Cl)Cl.CCc1cccc(C)c1N(C(=O)CCl)C(C)COC. The summed E-state index contributed by atoms with van der Waals surface area (Å²) >= 11 is 29.3. The van der Waals surface area contributed by atoms with Gasteiger partial charge in [0.15, 0.2) is 4.84 Å². The van der Waals surface area contributed by atoms with E-state index < -0.39 is 4.84 Å². The highest BCUT2D eigenvalue weighted by Crippen LogP contribution is 2.35. The zero-order valence-electron chi connectivity index (χ0n) is 32.4. The second-order valence-electron chi connectivity index (χ2n) is 13.2. The molecule has 3 aromatic carbocycles. The number of aromatic nitrogens is 3. The second-order valence-corrected chi connectivity index (χ2v) is 15.4. The lowest BCUT2D eigenvalue weighted by molar-refractivity contribution is -0.118. The van der Waals surface area contributed by atoms with Crippen LogP contribution < -0.4 is 25.0 Å². The Morgan fingerprint density at radius 2 is 1.82 bits per heavy atom. The Bertz CT molecular complexity index is 2120. The summed E-state index contributed by atoms with van der Waals surface area (Å²) in [6, 6.07) is 16.4. The number of alkyl halides is 3. The molecule has 0 saturated carbocycles. The first kappa shape index (κ1) is 45.8. The van der Waals surface area contributed by atoms with E-state index in [4.69, 9.17) is 78.6 Å². The highest BCUT2D eigenvalue weighted by molar-refractivity contribution is 6.54. The minimum absolute atomic E-state index is 0.0223. The lowest BCUT2D eigenvalue weighted by Gasteiger charge is -2.35. The molecular weight excluding hydrogens is 836 g/mol. The molecule has 2 aliphatic heterocycles. The first-order valence-electron chi connectivity index (χ1n) is 18.3. The van der Waals surface area contributed by atoms with E-state index in [0.717, 1.165) is 54.0 Å². The Balaban J connectivity index is 0.000000192. The van der Waals surface area contributed by atoms with Crippen molar-refractivity contribution in [3.05, 3.63) is 92.1 Å². The van der Waals surface area contributed by atoms with Crippen molar-refractivity contribution in [1.82, 2.24) is 14.3 Å². The number of methoxy groups -OCH3 is 1. The van der Waals surface area contributed by atoms with Crippen LogP contribution in [-0.2, 0) is 33.7 Å². The number of hydrogen-bond donors (Lipinski definition) is 0. The number of rotatable bonds is 10. The Morgan fingerprint density at radius 1 is 1.09 bits per heavy atom. The molecule has 4 aromatic rings. The average Bonchev–Trinajstić information content (AvgIpc) is 3.54. The number of anilines is 2. The summed E-state index contributed by atoms with van der Waals surface area (Å²) in [5.41, 5.74) is 4.16. The maximum atomic E-state index is 12.5. The van der Waals surface area contributed by atoms with Crippen LogP contribution in [0.15, 0.2) is 59.4 Å². The standard InChI is InChI=1S/C15H13Cl2N3O2.C15H22ClNO2.C11H11Cl2NO2/c1-2-7-22-13-9-12(10(16)8-11(13)17)20-15(21)19-6-4-3-5-14(19)18-20;1-5-13-8-6-7-11(2)15(13)17(14(18)9-16)12(3)10-19-4;1-7-6-16-9-5-3-2-4-8(9)14(7)11(15)10(12)13/h1,8-9H,3-7H2;6-8,12H,5,9-10H2,1-4H3;2-5,7,10H,6H2,1H3. The van der Waals surface area contributed by atoms with Gasteiger partial charge in [0.25, 0.3) is 5.91 Å². The normalized spacial score (nSPS) is 14.7. The minimum Gasteiger partial charge on any atom is -0.489 e. The first-order chi connectivity index (χ1) is 27.3. The van der Waals surface area contributed by atoms with Crippen molar-refractivity contribution < 1.29 is 23.8 Å². The van der Waals surface area contributed by atoms with E-state index in [9.17, 15) is 14.4 Å². The van der Waals surface area contributed by atoms with E-state index in [1.807, 2.05) is 57.2 Å². The summed E-state index contributed by atoms with van der Waals surface area (Å²) in [6.45, 7) is 9.66. The number of terminal acetylenes is 1. The monoisotopic (exact) mass is 879 g/mol. The number of amides is 2. The largest absolute Gasteiger partial charge is 0.489 e. The maximum absolute atomic E-state index is 12.5. The van der Waals surface area contributed by atoms with Gasteiger partial charge in [0.05, 0.1) is 45.8 Å². The predicted octanol–water partition coefficient (Wildman–Crippen LogP) is 8.46. The number of hydrogen-bond acceptors (Lipinski definition) is 7. The molecule has 0 bridgehead atoms. The van der Waals surface area contributed by atoms with Gasteiger partial charge in [-0.1, -0.05) is 89.6 Å². The Hall–Kier alpha value is -3.89. The van der Waals surface area contributed by atoms with Gasteiger partial charge in [0, 0.05) is 26.1 Å². The van der Waals surface area contributed by atoms with Crippen molar-refractivity contribution in [2.75, 3.05) is 42.6 Å². The molecule has 2 amide bonds. The summed E-state index contributed by atoms with van der Waals surface area (Å²) in [5.74, 6) is 3.77. The van der Waals surface area contributed by atoms with Crippen LogP contribution in [0.3, 0.4) is 0 Å². The summed E-state index contributed by atoms with van der Waals surface area (Å²) in [5, 5.41) is 5.04. The zero-order valence-corrected chi connectivity index (χ0v) is 36.2. The fraction of sp³-hybridized carbons (Fsp3) is 0.415. The number of benzene rings is 3. The number of carbonyl (C=O) groups excluding carboxylic acids is 2. The summed E-state index contributed by atoms with van der Waals surface area (Å²) in [7, 11) is 1.64. The van der Waals surface area contributed by atoms with Crippen LogP contribution in [-0.4, -0.2) is 75.9 Å². The van der Waals surface area contributed by atoms with E-state index in [1.54, 1.807) is 27.5 Å². The van der Waals surface area contributed by atoms with Crippen LogP contribution >= 0.6 is 58.0 Å². The molecule has 16 heteroatoms. The van der Waals surface area contributed by atoms with Crippen LogP contribution in [0.1, 0.15) is 50.6 Å². The molecule has 0 spiro atoms. The van der Waals surface area contributed by atoms with Gasteiger partial charge in [0.1, 0.15) is 36.4 Å². The van der Waals surface area contributed by atoms with Gasteiger partial charge in [-0.05, 0) is 69.4 Å². The highest BCUT2D eigenvalue weighted by atomic mass is 35.5. The third-order valence-corrected chi connectivity index (χ3v) is 10.4. The Morgan fingerprint density at radius 3 is 2.47 bits per heavy atom. The predicted molar refractivity (Wildman–Crippen MR) is 230 cm³/mol. The van der Waals surface area contributed by atoms with Gasteiger partial charge < -0.3 is 24.0 Å². The summed E-state index contributed by atoms with van der Waals surface area (Å²) < 4.78 is 19.0. The van der Waals surface area contributed by atoms with Gasteiger partial charge in [-0.25, -0.2) is 4.79 Å². The smallest absolute Gasteiger partial charge is 0.350 e. The van der Waals surface area contributed by atoms with Crippen molar-refractivity contribution in [3.8, 4) is 29.5 Å². The zero-order chi connectivity index (χ0) is 41.8. The maximum Gasteiger partial charge on any atom is 0.350 e. The van der Waals surface area contributed by atoms with E-state index in [0.29, 0.717) is 47.0 Å². The topological polar surface area (TPSA) is 108 Å². The molecule has 2 aliphatic rings. The van der Waals surface area contributed by atoms with Gasteiger partial charge in [-0.2, -0.15) is 4.68 Å². The molecule has 0 saturated heterocycles. The van der Waals surface area contributed by atoms with E-state index in [1.165, 1.54) is 10.7 Å². The molecule has 3 heterocycles. The molecule has 2 atom stereocenters. The van der Waals surface area contributed by atoms with Crippen molar-refractivity contribution in [3.63, 3.8) is 0 Å². The fourth-order valence-electron chi connectivity index (χ4n) is 6.53. The van der Waals surface area contributed by atoms with Crippen LogP contribution in [0.4, 0.5) is 11.4 Å². The van der Waals surface area contributed by atoms with Crippen molar-refractivity contribution in [2.24, 2.45) is 0 Å². The third-order valence-electron chi connectivity index (χ3n) is 9.16. The Labute approximate surface area is 358 Å². The number of fused-ring (bicyclic) bond motifs is 2. The molecule has 6 rings (SSSR count). The number of nitrogens with zero attached hydrogens (tertiary/aromatic N) is 5. The van der Waals surface area contributed by atoms with E-state index in [-0.39, 0.29) is 42.1 Å². The minimum atomic E-state index is -1.05. The fourth-order valence-corrected chi connectivity index (χ4v) is 7.39. The molecule has 0 radical (unpaired) electrons. The molecule has 1 aromatic heterocycles. The average molecular weight is 882 g/mol. The number of aryl methyl sites for hydroxylation is 3. The first-order valence-corrected chi connectivity index (χ1v) is 20.5. The number of ether oxygens (including phenoxy) is 3. The molecule has 306 valence electrons. The number of halogens is 5. The number of carbonyl (C=O) groups is 2. The lowest BCUT2D eigenvalue weighted by atomic mass is 10.0. The summed E-state index contributed by atoms with van der Waals surface area (Å²) in [6.07, 6.45) is 8.85. The second kappa shape index (κ2) is 21.8. The van der Waals surface area contributed by atoms with Gasteiger partial charge >= 0.3 is 5.69 Å². The molecular formula is C41H46Cl5N5O6. The van der Waals surface area contributed by atoms with Crippen molar-refractivity contribution in [2.45, 2.75) is 76.8 Å². The third kappa shape index (κ3) is 11.2. The van der Waals surface area contributed by atoms with E-state index in [2.05, 4.69) is 24.0 Å². The van der Waals surface area contributed by atoms with Gasteiger partial charge in [-0.3, -0.25) is 14.2 Å². The molecule has 11 nitrogen and oxygen atoms in total. The molecule has 0 fully saturated rings. The van der Waals surface area contributed by atoms with Crippen LogP contribution in [0, 0.1) is 19.3 Å². The van der Waals surface area contributed by atoms with Crippen LogP contribution in [0.5, 0.6) is 11.5 Å². The molecule has 2 unspecified atom stereocenters. The van der Waals surface area contributed by atoms with Crippen molar-refractivity contribution in [1.29, 1.82) is 0 Å². The van der Waals surface area contributed by atoms with Crippen molar-refractivity contribution >= 4 is 81.2 Å². The van der Waals surface area contributed by atoms with Crippen LogP contribution in [0.2, 0.25) is 10.0 Å². The number of para-hydroxylation sites is 3. The summed E-state index contributed by atoms with van der Waals surface area (Å²) in [4.78, 5) is 38.8. The Kier molecular flexibility index (Phi) is 17.5. The van der Waals surface area contributed by atoms with E-state index >= 15 is 0 Å². The van der Waals surface area contributed by atoms with Gasteiger partial charge in [0.2, 0.25) is 5.91 Å². The molecule has 0 N–H and O–H groups in total. The van der Waals surface area contributed by atoms with Crippen LogP contribution in [0.25, 0.3) is 5.69 Å². The molecule has 0 aliphatic carbocycles. The van der Waals surface area contributed by atoms with Gasteiger partial charge in [-0.15, -0.1) is 23.1 Å². The lowest BCUT2D eigenvalue weighted by Crippen LogP contribution is -2.47. The quantitative estimate of drug-likeness (QED) is 0.116. The highest BCUT2D eigenvalue weighted by Gasteiger charge is 2.32.